The normalized spacial score (nSPS) is 10.8. The molecule has 0 aromatic carbocycles. The first-order chi connectivity index (χ1) is 9.45. The van der Waals surface area contributed by atoms with Crippen molar-refractivity contribution in [1.29, 1.82) is 0 Å². The Balaban J connectivity index is 2.18. The van der Waals surface area contributed by atoms with Crippen LogP contribution in [-0.2, 0) is 11.3 Å². The molecule has 2 aromatic rings. The van der Waals surface area contributed by atoms with E-state index in [0.29, 0.717) is 6.54 Å². The Hall–Kier alpha value is -1.95. The number of aromatic nitrogens is 2. The van der Waals surface area contributed by atoms with Crippen LogP contribution in [0.5, 0.6) is 0 Å². The minimum atomic E-state index is -0.478. The molecular formula is C14H16N2O3S. The molecule has 2 rings (SSSR count). The van der Waals surface area contributed by atoms with Crippen molar-refractivity contribution in [3.8, 4) is 0 Å². The Labute approximate surface area is 120 Å². The molecule has 6 heteroatoms. The van der Waals surface area contributed by atoms with Crippen molar-refractivity contribution in [2.75, 3.05) is 0 Å². The summed E-state index contributed by atoms with van der Waals surface area (Å²) in [7, 11) is 0. The number of pyridine rings is 1. The van der Waals surface area contributed by atoms with Gasteiger partial charge in [-0.1, -0.05) is 0 Å². The zero-order chi connectivity index (χ0) is 14.7. The molecule has 2 aromatic heterocycles. The van der Waals surface area contributed by atoms with Crippen LogP contribution in [0.1, 0.15) is 34.9 Å². The van der Waals surface area contributed by atoms with Gasteiger partial charge in [-0.05, 0) is 26.8 Å². The lowest BCUT2D eigenvalue weighted by Crippen LogP contribution is -2.22. The van der Waals surface area contributed by atoms with Crippen molar-refractivity contribution < 1.29 is 9.53 Å². The molecule has 0 saturated carbocycles. The van der Waals surface area contributed by atoms with E-state index in [2.05, 4.69) is 4.98 Å². The van der Waals surface area contributed by atoms with Gasteiger partial charge in [0, 0.05) is 17.6 Å². The van der Waals surface area contributed by atoms with Gasteiger partial charge in [0.1, 0.15) is 0 Å². The maximum absolute atomic E-state index is 12.0. The molecule has 0 aliphatic carbocycles. The van der Waals surface area contributed by atoms with Gasteiger partial charge in [-0.15, -0.1) is 11.3 Å². The first-order valence-electron chi connectivity index (χ1n) is 6.28. The number of carbonyl (C=O) groups is 1. The average Bonchev–Trinajstić information content (AvgIpc) is 2.76. The largest absolute Gasteiger partial charge is 0.459 e. The minimum Gasteiger partial charge on any atom is -0.459 e. The highest BCUT2D eigenvalue weighted by atomic mass is 32.1. The molecule has 0 atom stereocenters. The number of thiazole rings is 1. The second kappa shape index (κ2) is 6.00. The quantitative estimate of drug-likeness (QED) is 0.811. The monoisotopic (exact) mass is 292 g/mol. The first kappa shape index (κ1) is 14.5. The molecule has 0 unspecified atom stereocenters. The van der Waals surface area contributed by atoms with Gasteiger partial charge in [0.2, 0.25) is 0 Å². The SMILES string of the molecule is Cc1nc(Cn2ccc(C(=O)OC(C)C)cc2=O)cs1. The fourth-order valence-corrected chi connectivity index (χ4v) is 2.31. The minimum absolute atomic E-state index is 0.206. The summed E-state index contributed by atoms with van der Waals surface area (Å²) in [5.41, 5.74) is 0.871. The Morgan fingerprint density at radius 2 is 2.25 bits per heavy atom. The van der Waals surface area contributed by atoms with Gasteiger partial charge in [0.05, 0.1) is 28.9 Å². The van der Waals surface area contributed by atoms with Crippen LogP contribution in [0.3, 0.4) is 0 Å². The lowest BCUT2D eigenvalue weighted by Gasteiger charge is -2.08. The van der Waals surface area contributed by atoms with E-state index < -0.39 is 5.97 Å². The third-order valence-corrected chi connectivity index (χ3v) is 3.40. The van der Waals surface area contributed by atoms with Gasteiger partial charge >= 0.3 is 5.97 Å². The first-order valence-corrected chi connectivity index (χ1v) is 7.16. The fraction of sp³-hybridized carbons (Fsp3) is 0.357. The molecule has 0 amide bonds. The van der Waals surface area contributed by atoms with Crippen LogP contribution in [0, 0.1) is 6.92 Å². The van der Waals surface area contributed by atoms with Gasteiger partial charge in [-0.3, -0.25) is 4.79 Å². The second-order valence-corrected chi connectivity index (χ2v) is 5.76. The third kappa shape index (κ3) is 3.54. The molecule has 20 heavy (non-hydrogen) atoms. The molecule has 0 radical (unpaired) electrons. The van der Waals surface area contributed by atoms with Crippen LogP contribution in [0.2, 0.25) is 0 Å². The standard InChI is InChI=1S/C14H16N2O3S/c1-9(2)19-14(18)11-4-5-16(13(17)6-11)7-12-8-20-10(3)15-12/h4-6,8-9H,7H2,1-3H3. The number of carbonyl (C=O) groups excluding carboxylic acids is 1. The topological polar surface area (TPSA) is 61.2 Å². The van der Waals surface area contributed by atoms with E-state index in [4.69, 9.17) is 4.74 Å². The maximum Gasteiger partial charge on any atom is 0.338 e. The van der Waals surface area contributed by atoms with E-state index >= 15 is 0 Å². The summed E-state index contributed by atoms with van der Waals surface area (Å²) in [4.78, 5) is 28.0. The summed E-state index contributed by atoms with van der Waals surface area (Å²) in [6, 6.07) is 2.88. The molecule has 0 N–H and O–H groups in total. The number of hydrogen-bond acceptors (Lipinski definition) is 5. The maximum atomic E-state index is 12.0. The van der Waals surface area contributed by atoms with E-state index in [1.165, 1.54) is 10.6 Å². The van der Waals surface area contributed by atoms with E-state index in [-0.39, 0.29) is 17.2 Å². The molecule has 0 saturated heterocycles. The Kier molecular flexibility index (Phi) is 4.34. The van der Waals surface area contributed by atoms with E-state index in [9.17, 15) is 9.59 Å². The molecule has 2 heterocycles. The number of nitrogens with zero attached hydrogens (tertiary/aromatic N) is 2. The van der Waals surface area contributed by atoms with E-state index in [1.807, 2.05) is 12.3 Å². The Bertz CT molecular complexity index is 673. The van der Waals surface area contributed by atoms with Crippen LogP contribution in [0.15, 0.2) is 28.5 Å². The van der Waals surface area contributed by atoms with Crippen LogP contribution < -0.4 is 5.56 Å². The molecule has 0 aliphatic heterocycles. The van der Waals surface area contributed by atoms with Crippen LogP contribution in [-0.4, -0.2) is 21.6 Å². The van der Waals surface area contributed by atoms with Crippen LogP contribution in [0.25, 0.3) is 0 Å². The highest BCUT2D eigenvalue weighted by molar-refractivity contribution is 7.09. The number of hydrogen-bond donors (Lipinski definition) is 0. The van der Waals surface area contributed by atoms with Crippen molar-refractivity contribution in [3.05, 3.63) is 50.3 Å². The van der Waals surface area contributed by atoms with E-state index in [1.54, 1.807) is 37.4 Å². The predicted molar refractivity (Wildman–Crippen MR) is 77.2 cm³/mol. The predicted octanol–water partition coefficient (Wildman–Crippen LogP) is 2.23. The van der Waals surface area contributed by atoms with Crippen LogP contribution in [0.4, 0.5) is 0 Å². The highest BCUT2D eigenvalue weighted by Crippen LogP contribution is 2.09. The van der Waals surface area contributed by atoms with Crippen molar-refractivity contribution in [2.45, 2.75) is 33.4 Å². The number of ether oxygens (including phenoxy) is 1. The zero-order valence-electron chi connectivity index (χ0n) is 11.6. The van der Waals surface area contributed by atoms with Crippen molar-refractivity contribution in [3.63, 3.8) is 0 Å². The molecule has 0 spiro atoms. The summed E-state index contributed by atoms with van der Waals surface area (Å²) in [6.45, 7) is 5.86. The average molecular weight is 292 g/mol. The van der Waals surface area contributed by atoms with E-state index in [0.717, 1.165) is 10.7 Å². The van der Waals surface area contributed by atoms with Crippen LogP contribution >= 0.6 is 11.3 Å². The van der Waals surface area contributed by atoms with Crippen molar-refractivity contribution >= 4 is 17.3 Å². The number of aryl methyl sites for hydroxylation is 1. The smallest absolute Gasteiger partial charge is 0.338 e. The lowest BCUT2D eigenvalue weighted by molar-refractivity contribution is 0.0377. The number of esters is 1. The summed E-state index contributed by atoms with van der Waals surface area (Å²) in [5.74, 6) is -0.478. The Morgan fingerprint density at radius 3 is 2.80 bits per heavy atom. The van der Waals surface area contributed by atoms with Gasteiger partial charge in [-0.2, -0.15) is 0 Å². The summed E-state index contributed by atoms with van der Waals surface area (Å²) < 4.78 is 6.57. The van der Waals surface area contributed by atoms with Gasteiger partial charge in [0.15, 0.2) is 0 Å². The molecule has 0 fully saturated rings. The zero-order valence-corrected chi connectivity index (χ0v) is 12.4. The molecule has 5 nitrogen and oxygen atoms in total. The Morgan fingerprint density at radius 1 is 1.50 bits per heavy atom. The van der Waals surface area contributed by atoms with Crippen molar-refractivity contribution in [1.82, 2.24) is 9.55 Å². The van der Waals surface area contributed by atoms with Gasteiger partial charge in [-0.25, -0.2) is 9.78 Å². The van der Waals surface area contributed by atoms with Gasteiger partial charge < -0.3 is 9.30 Å². The number of rotatable bonds is 4. The molecular weight excluding hydrogens is 276 g/mol. The molecule has 0 bridgehead atoms. The summed E-state index contributed by atoms with van der Waals surface area (Å²) in [5, 5.41) is 2.88. The van der Waals surface area contributed by atoms with Crippen molar-refractivity contribution in [2.24, 2.45) is 0 Å². The summed E-state index contributed by atoms with van der Waals surface area (Å²) in [6.07, 6.45) is 1.39. The second-order valence-electron chi connectivity index (χ2n) is 4.69. The lowest BCUT2D eigenvalue weighted by atomic mass is 10.2. The third-order valence-electron chi connectivity index (χ3n) is 2.57. The summed E-state index contributed by atoms with van der Waals surface area (Å²) >= 11 is 1.54. The highest BCUT2D eigenvalue weighted by Gasteiger charge is 2.11. The molecule has 106 valence electrons. The molecule has 0 aliphatic rings. The fourth-order valence-electron chi connectivity index (χ4n) is 1.70. The van der Waals surface area contributed by atoms with Gasteiger partial charge in [0.25, 0.3) is 5.56 Å².